The quantitative estimate of drug-likeness (QED) is 0.549. The van der Waals surface area contributed by atoms with E-state index in [-0.39, 0.29) is 22.6 Å². The Morgan fingerprint density at radius 3 is 1.93 bits per heavy atom. The zero-order valence-electron chi connectivity index (χ0n) is 16.5. The molecule has 0 aromatic heterocycles. The number of hydrogen-bond donors (Lipinski definition) is 2. The molecule has 3 rings (SSSR count). The van der Waals surface area contributed by atoms with Gasteiger partial charge in [0.25, 0.3) is 15.9 Å². The minimum Gasteiger partial charge on any atom is -0.349 e. The van der Waals surface area contributed by atoms with Crippen LogP contribution in [-0.4, -0.2) is 26.2 Å². The number of hydrogen-bond acceptors (Lipinski definition) is 4. The molecule has 6 nitrogen and oxygen atoms in total. The molecule has 0 radical (unpaired) electrons. The van der Waals surface area contributed by atoms with Gasteiger partial charge in [0.15, 0.2) is 5.78 Å². The molecule has 7 heteroatoms. The Balaban J connectivity index is 1.64. The van der Waals surface area contributed by atoms with Gasteiger partial charge in [-0.15, -0.1) is 0 Å². The van der Waals surface area contributed by atoms with E-state index in [0.29, 0.717) is 16.8 Å². The summed E-state index contributed by atoms with van der Waals surface area (Å²) in [7, 11) is -3.78. The fourth-order valence-electron chi connectivity index (χ4n) is 3.46. The fourth-order valence-corrected chi connectivity index (χ4v) is 4.52. The lowest BCUT2D eigenvalue weighted by atomic mass is 10.1. The molecule has 0 bridgehead atoms. The molecule has 0 saturated heterocycles. The van der Waals surface area contributed by atoms with Gasteiger partial charge in [0, 0.05) is 22.9 Å². The minimum atomic E-state index is -3.78. The van der Waals surface area contributed by atoms with E-state index in [1.807, 2.05) is 0 Å². The molecule has 29 heavy (non-hydrogen) atoms. The Morgan fingerprint density at radius 1 is 0.828 bits per heavy atom. The molecular weight excluding hydrogens is 388 g/mol. The van der Waals surface area contributed by atoms with Gasteiger partial charge in [-0.3, -0.25) is 14.3 Å². The van der Waals surface area contributed by atoms with E-state index in [2.05, 4.69) is 10.0 Å². The molecule has 1 saturated carbocycles. The van der Waals surface area contributed by atoms with Gasteiger partial charge in [-0.1, -0.05) is 37.8 Å². The van der Waals surface area contributed by atoms with Crippen LogP contribution in [0.3, 0.4) is 0 Å². The number of ketones is 1. The highest BCUT2D eigenvalue weighted by Gasteiger charge is 2.17. The van der Waals surface area contributed by atoms with Crippen LogP contribution in [0.5, 0.6) is 0 Å². The van der Waals surface area contributed by atoms with Crippen molar-refractivity contribution in [2.24, 2.45) is 0 Å². The highest BCUT2D eigenvalue weighted by molar-refractivity contribution is 7.92. The standard InChI is InChI=1S/C22H26N2O4S/c1-16(25)17-10-14-21(15-11-17)29(27,28)24-20-12-8-18(9-13-20)22(26)23-19-6-4-2-3-5-7-19/h8-15,19,24H,2-7H2,1H3,(H,23,26). The summed E-state index contributed by atoms with van der Waals surface area (Å²) in [6.07, 6.45) is 6.73. The van der Waals surface area contributed by atoms with Crippen molar-refractivity contribution in [3.8, 4) is 0 Å². The van der Waals surface area contributed by atoms with Crippen LogP contribution in [0.1, 0.15) is 66.2 Å². The molecule has 0 aliphatic heterocycles. The molecule has 0 atom stereocenters. The number of carbonyl (C=O) groups excluding carboxylic acids is 2. The summed E-state index contributed by atoms with van der Waals surface area (Å²) in [6, 6.07) is 12.3. The minimum absolute atomic E-state index is 0.0673. The SMILES string of the molecule is CC(=O)c1ccc(S(=O)(=O)Nc2ccc(C(=O)NC3CCCCCC3)cc2)cc1. The van der Waals surface area contributed by atoms with Gasteiger partial charge in [0.2, 0.25) is 0 Å². The number of carbonyl (C=O) groups is 2. The second-order valence-electron chi connectivity index (χ2n) is 7.43. The average molecular weight is 415 g/mol. The third kappa shape index (κ3) is 5.67. The average Bonchev–Trinajstić information content (AvgIpc) is 2.97. The van der Waals surface area contributed by atoms with Gasteiger partial charge in [-0.2, -0.15) is 0 Å². The van der Waals surface area contributed by atoms with Gasteiger partial charge in [-0.25, -0.2) is 8.42 Å². The van der Waals surface area contributed by atoms with Crippen LogP contribution < -0.4 is 10.0 Å². The number of rotatable bonds is 6. The summed E-state index contributed by atoms with van der Waals surface area (Å²) in [6.45, 7) is 1.43. The van der Waals surface area contributed by atoms with E-state index in [0.717, 1.165) is 25.7 Å². The topological polar surface area (TPSA) is 92.3 Å². The zero-order chi connectivity index (χ0) is 20.9. The Bertz CT molecular complexity index is 959. The van der Waals surface area contributed by atoms with Crippen LogP contribution in [0.25, 0.3) is 0 Å². The number of sulfonamides is 1. The molecule has 1 aliphatic carbocycles. The fraction of sp³-hybridized carbons (Fsp3) is 0.364. The van der Waals surface area contributed by atoms with Crippen molar-refractivity contribution >= 4 is 27.4 Å². The van der Waals surface area contributed by atoms with E-state index in [1.54, 1.807) is 24.3 Å². The summed E-state index contributed by atoms with van der Waals surface area (Å²) >= 11 is 0. The second-order valence-corrected chi connectivity index (χ2v) is 9.11. The maximum atomic E-state index is 12.5. The number of anilines is 1. The predicted octanol–water partition coefficient (Wildman–Crippen LogP) is 4.14. The first kappa shape index (κ1) is 21.0. The van der Waals surface area contributed by atoms with Gasteiger partial charge >= 0.3 is 0 Å². The number of amides is 1. The Hall–Kier alpha value is -2.67. The monoisotopic (exact) mass is 414 g/mol. The Morgan fingerprint density at radius 2 is 1.38 bits per heavy atom. The van der Waals surface area contributed by atoms with Crippen LogP contribution >= 0.6 is 0 Å². The molecule has 2 aromatic rings. The van der Waals surface area contributed by atoms with E-state index in [1.165, 1.54) is 44.0 Å². The van der Waals surface area contributed by atoms with E-state index < -0.39 is 10.0 Å². The third-order valence-corrected chi connectivity index (χ3v) is 6.56. The first-order chi connectivity index (χ1) is 13.8. The normalized spacial score (nSPS) is 15.3. The van der Waals surface area contributed by atoms with Crippen LogP contribution in [-0.2, 0) is 10.0 Å². The maximum Gasteiger partial charge on any atom is 0.261 e. The van der Waals surface area contributed by atoms with Crippen LogP contribution in [0.15, 0.2) is 53.4 Å². The van der Waals surface area contributed by atoms with E-state index >= 15 is 0 Å². The number of benzene rings is 2. The number of Topliss-reactive ketones (excluding diaryl/α,β-unsaturated/α-hetero) is 1. The highest BCUT2D eigenvalue weighted by atomic mass is 32.2. The van der Waals surface area contributed by atoms with Crippen LogP contribution in [0.4, 0.5) is 5.69 Å². The molecule has 1 aliphatic rings. The molecule has 2 N–H and O–H groups in total. The molecule has 1 fully saturated rings. The predicted molar refractivity (Wildman–Crippen MR) is 113 cm³/mol. The summed E-state index contributed by atoms with van der Waals surface area (Å²) < 4.78 is 27.5. The summed E-state index contributed by atoms with van der Waals surface area (Å²) in [5, 5.41) is 3.08. The molecule has 0 spiro atoms. The zero-order valence-corrected chi connectivity index (χ0v) is 17.3. The van der Waals surface area contributed by atoms with Gasteiger partial charge < -0.3 is 5.32 Å². The van der Waals surface area contributed by atoms with Gasteiger partial charge in [-0.05, 0) is 56.2 Å². The van der Waals surface area contributed by atoms with E-state index in [4.69, 9.17) is 0 Å². The molecule has 1 amide bonds. The van der Waals surface area contributed by atoms with Crippen LogP contribution in [0, 0.1) is 0 Å². The first-order valence-electron chi connectivity index (χ1n) is 9.90. The molecule has 154 valence electrons. The maximum absolute atomic E-state index is 12.5. The lowest BCUT2D eigenvalue weighted by Gasteiger charge is -2.16. The second kappa shape index (κ2) is 9.22. The molecule has 0 unspecified atom stereocenters. The van der Waals surface area contributed by atoms with Crippen molar-refractivity contribution in [1.29, 1.82) is 0 Å². The molecule has 2 aromatic carbocycles. The summed E-state index contributed by atoms with van der Waals surface area (Å²) in [5.41, 5.74) is 1.32. The van der Waals surface area contributed by atoms with Crippen molar-refractivity contribution in [2.45, 2.75) is 56.4 Å². The Kier molecular flexibility index (Phi) is 6.69. The molecular formula is C22H26N2O4S. The van der Waals surface area contributed by atoms with Crippen molar-refractivity contribution in [3.05, 3.63) is 59.7 Å². The van der Waals surface area contributed by atoms with Crippen molar-refractivity contribution in [3.63, 3.8) is 0 Å². The van der Waals surface area contributed by atoms with E-state index in [9.17, 15) is 18.0 Å². The highest BCUT2D eigenvalue weighted by Crippen LogP contribution is 2.19. The summed E-state index contributed by atoms with van der Waals surface area (Å²) in [5.74, 6) is -0.259. The smallest absolute Gasteiger partial charge is 0.261 e. The number of nitrogens with one attached hydrogen (secondary N) is 2. The van der Waals surface area contributed by atoms with Crippen molar-refractivity contribution in [2.75, 3.05) is 4.72 Å². The van der Waals surface area contributed by atoms with Gasteiger partial charge in [0.1, 0.15) is 0 Å². The Labute approximate surface area is 171 Å². The largest absolute Gasteiger partial charge is 0.349 e. The first-order valence-corrected chi connectivity index (χ1v) is 11.4. The van der Waals surface area contributed by atoms with Crippen molar-refractivity contribution < 1.29 is 18.0 Å². The molecule has 0 heterocycles. The third-order valence-electron chi connectivity index (χ3n) is 5.16. The summed E-state index contributed by atoms with van der Waals surface area (Å²) in [4.78, 5) is 23.8. The lowest BCUT2D eigenvalue weighted by Crippen LogP contribution is -2.34. The van der Waals surface area contributed by atoms with Gasteiger partial charge in [0.05, 0.1) is 4.90 Å². The lowest BCUT2D eigenvalue weighted by molar-refractivity contribution is 0.0932. The van der Waals surface area contributed by atoms with Crippen LogP contribution in [0.2, 0.25) is 0 Å². The van der Waals surface area contributed by atoms with Crippen molar-refractivity contribution in [1.82, 2.24) is 5.32 Å².